The van der Waals surface area contributed by atoms with Crippen molar-refractivity contribution < 1.29 is 5.11 Å². The van der Waals surface area contributed by atoms with E-state index in [1.54, 1.807) is 0 Å². The summed E-state index contributed by atoms with van der Waals surface area (Å²) in [5.74, 6) is 1.72. The first-order valence-corrected chi connectivity index (χ1v) is 7.49. The van der Waals surface area contributed by atoms with E-state index >= 15 is 0 Å². The zero-order valence-corrected chi connectivity index (χ0v) is 12.8. The molecule has 3 heteroatoms. The molecule has 0 radical (unpaired) electrons. The minimum atomic E-state index is -0.556. The Kier molecular flexibility index (Phi) is 4.05. The molecule has 1 fully saturated rings. The van der Waals surface area contributed by atoms with Crippen molar-refractivity contribution >= 4 is 0 Å². The normalized spacial score (nSPS) is 29.2. The Morgan fingerprint density at radius 1 is 1.37 bits per heavy atom. The number of rotatable bonds is 2. The van der Waals surface area contributed by atoms with E-state index < -0.39 is 5.60 Å². The van der Waals surface area contributed by atoms with E-state index in [-0.39, 0.29) is 0 Å². The van der Waals surface area contributed by atoms with Crippen LogP contribution in [0.2, 0.25) is 0 Å². The predicted molar refractivity (Wildman–Crippen MR) is 77.9 cm³/mol. The molecule has 0 aliphatic heterocycles. The molecule has 0 saturated heterocycles. The molecule has 1 aromatic heterocycles. The summed E-state index contributed by atoms with van der Waals surface area (Å²) in [4.78, 5) is 4.36. The number of aromatic nitrogens is 2. The lowest BCUT2D eigenvalue weighted by molar-refractivity contribution is 0.0201. The SMILES string of the molecule is Cn1ccnc1CC1(O)CCCC(C(C)(C)C)CC1. The van der Waals surface area contributed by atoms with Crippen molar-refractivity contribution in [3.63, 3.8) is 0 Å². The molecule has 2 rings (SSSR count). The Morgan fingerprint density at radius 3 is 2.68 bits per heavy atom. The smallest absolute Gasteiger partial charge is 0.111 e. The van der Waals surface area contributed by atoms with Crippen LogP contribution in [0.1, 0.15) is 58.7 Å². The largest absolute Gasteiger partial charge is 0.389 e. The van der Waals surface area contributed by atoms with Gasteiger partial charge in [0.2, 0.25) is 0 Å². The van der Waals surface area contributed by atoms with Gasteiger partial charge in [-0.3, -0.25) is 0 Å². The van der Waals surface area contributed by atoms with Crippen LogP contribution >= 0.6 is 0 Å². The zero-order chi connectivity index (χ0) is 14.1. The average molecular weight is 264 g/mol. The molecule has 0 spiro atoms. The van der Waals surface area contributed by atoms with E-state index in [0.717, 1.165) is 37.4 Å². The van der Waals surface area contributed by atoms with E-state index in [9.17, 15) is 5.11 Å². The zero-order valence-electron chi connectivity index (χ0n) is 12.8. The lowest BCUT2D eigenvalue weighted by Gasteiger charge is -2.31. The number of hydrogen-bond acceptors (Lipinski definition) is 2. The summed E-state index contributed by atoms with van der Waals surface area (Å²) >= 11 is 0. The van der Waals surface area contributed by atoms with E-state index in [1.807, 2.05) is 24.0 Å². The van der Waals surface area contributed by atoms with Gasteiger partial charge in [0, 0.05) is 25.9 Å². The molecule has 2 unspecified atom stereocenters. The van der Waals surface area contributed by atoms with Gasteiger partial charge in [0.25, 0.3) is 0 Å². The van der Waals surface area contributed by atoms with E-state index in [0.29, 0.717) is 11.8 Å². The van der Waals surface area contributed by atoms with Crippen molar-refractivity contribution in [2.24, 2.45) is 18.4 Å². The van der Waals surface area contributed by atoms with Crippen LogP contribution in [0.5, 0.6) is 0 Å². The Bertz CT molecular complexity index is 419. The number of hydrogen-bond donors (Lipinski definition) is 1. The maximum atomic E-state index is 10.9. The van der Waals surface area contributed by atoms with Gasteiger partial charge in [-0.2, -0.15) is 0 Å². The molecule has 0 amide bonds. The molecule has 108 valence electrons. The van der Waals surface area contributed by atoms with Crippen molar-refractivity contribution in [2.75, 3.05) is 0 Å². The minimum Gasteiger partial charge on any atom is -0.389 e. The van der Waals surface area contributed by atoms with Crippen molar-refractivity contribution in [1.29, 1.82) is 0 Å². The maximum absolute atomic E-state index is 10.9. The monoisotopic (exact) mass is 264 g/mol. The van der Waals surface area contributed by atoms with Crippen LogP contribution in [0.3, 0.4) is 0 Å². The highest BCUT2D eigenvalue weighted by Gasteiger charge is 2.35. The van der Waals surface area contributed by atoms with Gasteiger partial charge < -0.3 is 9.67 Å². The van der Waals surface area contributed by atoms with Crippen molar-refractivity contribution in [3.05, 3.63) is 18.2 Å². The first-order valence-electron chi connectivity index (χ1n) is 7.49. The summed E-state index contributed by atoms with van der Waals surface area (Å²) in [5, 5.41) is 10.9. The summed E-state index contributed by atoms with van der Waals surface area (Å²) in [5.41, 5.74) is -0.201. The summed E-state index contributed by atoms with van der Waals surface area (Å²) in [7, 11) is 2.00. The summed E-state index contributed by atoms with van der Waals surface area (Å²) in [6.07, 6.45) is 9.77. The fourth-order valence-corrected chi connectivity index (χ4v) is 3.29. The second kappa shape index (κ2) is 5.28. The van der Waals surface area contributed by atoms with E-state index in [2.05, 4.69) is 25.8 Å². The van der Waals surface area contributed by atoms with E-state index in [1.165, 1.54) is 6.42 Å². The fraction of sp³-hybridized carbons (Fsp3) is 0.812. The fourth-order valence-electron chi connectivity index (χ4n) is 3.29. The summed E-state index contributed by atoms with van der Waals surface area (Å²) in [6, 6.07) is 0. The molecule has 1 aliphatic rings. The van der Waals surface area contributed by atoms with Gasteiger partial charge in [0.05, 0.1) is 5.60 Å². The number of imidazole rings is 1. The van der Waals surface area contributed by atoms with Crippen molar-refractivity contribution in [1.82, 2.24) is 9.55 Å². The average Bonchev–Trinajstić information content (AvgIpc) is 2.58. The topological polar surface area (TPSA) is 38.0 Å². The summed E-state index contributed by atoms with van der Waals surface area (Å²) in [6.45, 7) is 6.96. The third-order valence-electron chi connectivity index (χ3n) is 4.79. The van der Waals surface area contributed by atoms with Crippen molar-refractivity contribution in [2.45, 2.75) is 64.9 Å². The van der Waals surface area contributed by atoms with E-state index in [4.69, 9.17) is 0 Å². The van der Waals surface area contributed by atoms with Crippen LogP contribution in [0.4, 0.5) is 0 Å². The Balaban J connectivity index is 2.03. The van der Waals surface area contributed by atoms with Gasteiger partial charge in [-0.1, -0.05) is 27.2 Å². The lowest BCUT2D eigenvalue weighted by atomic mass is 9.76. The first kappa shape index (κ1) is 14.6. The Hall–Kier alpha value is -0.830. The summed E-state index contributed by atoms with van der Waals surface area (Å²) < 4.78 is 2.02. The molecule has 1 aliphatic carbocycles. The third kappa shape index (κ3) is 3.59. The second-order valence-corrected chi connectivity index (χ2v) is 7.35. The number of aliphatic hydroxyl groups is 1. The van der Waals surface area contributed by atoms with Crippen molar-refractivity contribution in [3.8, 4) is 0 Å². The number of nitrogens with zero attached hydrogens (tertiary/aromatic N) is 2. The van der Waals surface area contributed by atoms with Gasteiger partial charge in [-0.05, 0) is 37.0 Å². The second-order valence-electron chi connectivity index (χ2n) is 7.35. The molecule has 19 heavy (non-hydrogen) atoms. The van der Waals surface area contributed by atoms with Gasteiger partial charge >= 0.3 is 0 Å². The molecular formula is C16H28N2O. The number of aryl methyl sites for hydroxylation is 1. The quantitative estimate of drug-likeness (QED) is 0.832. The van der Waals surface area contributed by atoms with Gasteiger partial charge in [0.1, 0.15) is 5.82 Å². The first-order chi connectivity index (χ1) is 8.80. The predicted octanol–water partition coefficient (Wildman–Crippen LogP) is 3.32. The van der Waals surface area contributed by atoms with Crippen LogP contribution < -0.4 is 0 Å². The minimum absolute atomic E-state index is 0.356. The highest BCUT2D eigenvalue weighted by molar-refractivity contribution is 4.99. The van der Waals surface area contributed by atoms with Crippen LogP contribution in [-0.2, 0) is 13.5 Å². The molecule has 1 heterocycles. The lowest BCUT2D eigenvalue weighted by Crippen LogP contribution is -2.32. The molecule has 1 N–H and O–H groups in total. The third-order valence-corrected chi connectivity index (χ3v) is 4.79. The van der Waals surface area contributed by atoms with Gasteiger partial charge in [-0.25, -0.2) is 4.98 Å². The molecule has 0 bridgehead atoms. The van der Waals surface area contributed by atoms with Gasteiger partial charge in [0.15, 0.2) is 0 Å². The Morgan fingerprint density at radius 2 is 2.11 bits per heavy atom. The highest BCUT2D eigenvalue weighted by atomic mass is 16.3. The standard InChI is InChI=1S/C16H28N2O/c1-15(2,3)13-6-5-8-16(19,9-7-13)12-14-17-10-11-18(14)4/h10-11,13,19H,5-9,12H2,1-4H3. The van der Waals surface area contributed by atoms with Crippen LogP contribution in [-0.4, -0.2) is 20.3 Å². The molecule has 0 aromatic carbocycles. The molecule has 2 atom stereocenters. The molecule has 1 aromatic rings. The molecular weight excluding hydrogens is 236 g/mol. The highest BCUT2D eigenvalue weighted by Crippen LogP contribution is 2.40. The van der Waals surface area contributed by atoms with Gasteiger partial charge in [-0.15, -0.1) is 0 Å². The van der Waals surface area contributed by atoms with Crippen LogP contribution in [0.15, 0.2) is 12.4 Å². The van der Waals surface area contributed by atoms with Crippen LogP contribution in [0.25, 0.3) is 0 Å². The maximum Gasteiger partial charge on any atom is 0.111 e. The van der Waals surface area contributed by atoms with Crippen LogP contribution in [0, 0.1) is 11.3 Å². The Labute approximate surface area is 117 Å². The molecule has 1 saturated carbocycles. The molecule has 3 nitrogen and oxygen atoms in total.